The van der Waals surface area contributed by atoms with Crippen LogP contribution >= 0.6 is 0 Å². The molecule has 2 heterocycles. The number of nitrogens with zero attached hydrogens (tertiary/aromatic N) is 2. The second-order valence-corrected chi connectivity index (χ2v) is 3.62. The van der Waals surface area contributed by atoms with E-state index in [2.05, 4.69) is 20.2 Å². The Labute approximate surface area is 104 Å². The third kappa shape index (κ3) is 3.14. The number of carbonyl (C=O) groups is 1. The van der Waals surface area contributed by atoms with E-state index in [1.807, 2.05) is 0 Å². The summed E-state index contributed by atoms with van der Waals surface area (Å²) in [6.07, 6.45) is 3.03. The zero-order chi connectivity index (χ0) is 12.8. The first-order valence-electron chi connectivity index (χ1n) is 5.43. The van der Waals surface area contributed by atoms with Crippen molar-refractivity contribution in [3.63, 3.8) is 0 Å². The smallest absolute Gasteiger partial charge is 0.339 e. The Bertz CT molecular complexity index is 494. The van der Waals surface area contributed by atoms with Gasteiger partial charge in [0.15, 0.2) is 0 Å². The summed E-state index contributed by atoms with van der Waals surface area (Å²) in [5.41, 5.74) is 2.12. The molecule has 94 valence electrons. The average molecular weight is 247 g/mol. The Kier molecular flexibility index (Phi) is 4.03. The van der Waals surface area contributed by atoms with Crippen LogP contribution in [0.15, 0.2) is 35.2 Å². The first-order valence-corrected chi connectivity index (χ1v) is 5.43. The molecule has 0 aliphatic heterocycles. The number of hydrogen-bond acceptors (Lipinski definition) is 6. The van der Waals surface area contributed by atoms with Gasteiger partial charge in [-0.1, -0.05) is 5.16 Å². The minimum absolute atomic E-state index is 0.385. The normalized spacial score (nSPS) is 10.3. The average Bonchev–Trinajstić information content (AvgIpc) is 2.92. The topological polar surface area (TPSA) is 77.2 Å². The van der Waals surface area contributed by atoms with E-state index in [1.165, 1.54) is 19.6 Å². The highest BCUT2D eigenvalue weighted by Gasteiger charge is 2.05. The lowest BCUT2D eigenvalue weighted by Gasteiger charge is -2.03. The Hall–Kier alpha value is -2.21. The monoisotopic (exact) mass is 247 g/mol. The molecule has 18 heavy (non-hydrogen) atoms. The number of hydrogen-bond donors (Lipinski definition) is 1. The second-order valence-electron chi connectivity index (χ2n) is 3.62. The van der Waals surface area contributed by atoms with Crippen LogP contribution in [0.4, 0.5) is 0 Å². The van der Waals surface area contributed by atoms with Crippen molar-refractivity contribution in [1.82, 2.24) is 15.5 Å². The predicted octanol–water partition coefficient (Wildman–Crippen LogP) is 1.15. The van der Waals surface area contributed by atoms with Crippen LogP contribution in [-0.2, 0) is 17.8 Å². The Morgan fingerprint density at radius 2 is 2.17 bits per heavy atom. The summed E-state index contributed by atoms with van der Waals surface area (Å²) in [5, 5.41) is 6.94. The van der Waals surface area contributed by atoms with Crippen LogP contribution in [-0.4, -0.2) is 23.2 Å². The molecule has 2 rings (SSSR count). The van der Waals surface area contributed by atoms with Crippen LogP contribution in [0.5, 0.6) is 0 Å². The Balaban J connectivity index is 1.85. The van der Waals surface area contributed by atoms with Gasteiger partial charge in [0.1, 0.15) is 6.26 Å². The van der Waals surface area contributed by atoms with Crippen LogP contribution in [0.2, 0.25) is 0 Å². The molecule has 2 aromatic heterocycles. The lowest BCUT2D eigenvalue weighted by Crippen LogP contribution is -2.14. The summed E-state index contributed by atoms with van der Waals surface area (Å²) < 4.78 is 9.31. The van der Waals surface area contributed by atoms with E-state index in [4.69, 9.17) is 4.52 Å². The van der Waals surface area contributed by atoms with E-state index in [1.54, 1.807) is 18.2 Å². The molecule has 0 saturated carbocycles. The van der Waals surface area contributed by atoms with Crippen molar-refractivity contribution >= 4 is 5.97 Å². The highest BCUT2D eigenvalue weighted by molar-refractivity contribution is 5.88. The molecule has 0 saturated heterocycles. The van der Waals surface area contributed by atoms with E-state index in [0.29, 0.717) is 18.7 Å². The standard InChI is InChI=1S/C12H13N3O3/c1-17-12(16)9-2-3-10(14-6-9)7-13-8-11-4-5-18-15-11/h2-6,13H,7-8H2,1H3. The number of nitrogens with one attached hydrogen (secondary N) is 1. The molecule has 0 amide bonds. The summed E-state index contributed by atoms with van der Waals surface area (Å²) in [6, 6.07) is 5.26. The number of pyridine rings is 1. The maximum Gasteiger partial charge on any atom is 0.339 e. The summed E-state index contributed by atoms with van der Waals surface area (Å²) in [7, 11) is 1.34. The van der Waals surface area contributed by atoms with Crippen molar-refractivity contribution in [2.24, 2.45) is 0 Å². The lowest BCUT2D eigenvalue weighted by molar-refractivity contribution is 0.0600. The molecule has 0 aliphatic rings. The van der Waals surface area contributed by atoms with Crippen molar-refractivity contribution in [2.45, 2.75) is 13.1 Å². The highest BCUT2D eigenvalue weighted by atomic mass is 16.5. The maximum atomic E-state index is 11.2. The zero-order valence-electron chi connectivity index (χ0n) is 9.92. The van der Waals surface area contributed by atoms with Gasteiger partial charge in [0.05, 0.1) is 24.1 Å². The molecule has 0 radical (unpaired) electrons. The molecular formula is C12H13N3O3. The van der Waals surface area contributed by atoms with Gasteiger partial charge in [-0.05, 0) is 12.1 Å². The van der Waals surface area contributed by atoms with Crippen molar-refractivity contribution in [3.8, 4) is 0 Å². The van der Waals surface area contributed by atoms with Crippen molar-refractivity contribution < 1.29 is 14.1 Å². The number of carbonyl (C=O) groups excluding carboxylic acids is 1. The van der Waals surface area contributed by atoms with Crippen LogP contribution in [0.1, 0.15) is 21.7 Å². The van der Waals surface area contributed by atoms with Crippen LogP contribution < -0.4 is 5.32 Å². The minimum Gasteiger partial charge on any atom is -0.465 e. The largest absolute Gasteiger partial charge is 0.465 e. The summed E-state index contributed by atoms with van der Waals surface area (Å²) in [5.74, 6) is -0.385. The number of esters is 1. The molecule has 0 fully saturated rings. The zero-order valence-corrected chi connectivity index (χ0v) is 9.92. The molecule has 0 aromatic carbocycles. The van der Waals surface area contributed by atoms with Gasteiger partial charge >= 0.3 is 5.97 Å². The number of rotatable bonds is 5. The Morgan fingerprint density at radius 1 is 1.33 bits per heavy atom. The molecule has 0 unspecified atom stereocenters. The SMILES string of the molecule is COC(=O)c1ccc(CNCc2ccon2)nc1. The summed E-state index contributed by atoms with van der Waals surface area (Å²) in [4.78, 5) is 15.4. The number of methoxy groups -OCH3 is 1. The van der Waals surface area contributed by atoms with Gasteiger partial charge in [-0.25, -0.2) is 4.79 Å². The van der Waals surface area contributed by atoms with E-state index >= 15 is 0 Å². The van der Waals surface area contributed by atoms with Crippen molar-refractivity contribution in [1.29, 1.82) is 0 Å². The summed E-state index contributed by atoms with van der Waals surface area (Å²) in [6.45, 7) is 1.20. The van der Waals surface area contributed by atoms with Crippen LogP contribution in [0.25, 0.3) is 0 Å². The maximum absolute atomic E-state index is 11.2. The summed E-state index contributed by atoms with van der Waals surface area (Å²) >= 11 is 0. The molecule has 0 spiro atoms. The van der Waals surface area contributed by atoms with Gasteiger partial charge in [-0.15, -0.1) is 0 Å². The fraction of sp³-hybridized carbons (Fsp3) is 0.250. The van der Waals surface area contributed by atoms with Gasteiger partial charge in [-0.3, -0.25) is 4.98 Å². The molecule has 0 aliphatic carbocycles. The molecular weight excluding hydrogens is 234 g/mol. The van der Waals surface area contributed by atoms with Gasteiger partial charge in [0.2, 0.25) is 0 Å². The van der Waals surface area contributed by atoms with E-state index < -0.39 is 0 Å². The fourth-order valence-electron chi connectivity index (χ4n) is 1.42. The lowest BCUT2D eigenvalue weighted by atomic mass is 10.2. The van der Waals surface area contributed by atoms with Gasteiger partial charge in [-0.2, -0.15) is 0 Å². The van der Waals surface area contributed by atoms with Gasteiger partial charge < -0.3 is 14.6 Å². The van der Waals surface area contributed by atoms with Crippen LogP contribution in [0.3, 0.4) is 0 Å². The molecule has 0 atom stereocenters. The Morgan fingerprint density at radius 3 is 2.78 bits per heavy atom. The predicted molar refractivity (Wildman–Crippen MR) is 62.6 cm³/mol. The van der Waals surface area contributed by atoms with Gasteiger partial charge in [0, 0.05) is 25.4 Å². The first kappa shape index (κ1) is 12.3. The number of ether oxygens (including phenoxy) is 1. The first-order chi connectivity index (χ1) is 8.79. The third-order valence-corrected chi connectivity index (χ3v) is 2.35. The van der Waals surface area contributed by atoms with Crippen molar-refractivity contribution in [2.75, 3.05) is 7.11 Å². The van der Waals surface area contributed by atoms with E-state index in [0.717, 1.165) is 11.4 Å². The fourth-order valence-corrected chi connectivity index (χ4v) is 1.42. The quantitative estimate of drug-likeness (QED) is 0.798. The number of aromatic nitrogens is 2. The minimum atomic E-state index is -0.385. The van der Waals surface area contributed by atoms with Gasteiger partial charge in [0.25, 0.3) is 0 Å². The molecule has 0 bridgehead atoms. The van der Waals surface area contributed by atoms with E-state index in [9.17, 15) is 4.79 Å². The molecule has 2 aromatic rings. The van der Waals surface area contributed by atoms with Crippen LogP contribution in [0, 0.1) is 0 Å². The third-order valence-electron chi connectivity index (χ3n) is 2.35. The highest BCUT2D eigenvalue weighted by Crippen LogP contribution is 2.02. The second kappa shape index (κ2) is 5.92. The van der Waals surface area contributed by atoms with Crippen molar-refractivity contribution in [3.05, 3.63) is 47.6 Å². The molecule has 6 heteroatoms. The van der Waals surface area contributed by atoms with E-state index in [-0.39, 0.29) is 5.97 Å². The molecule has 1 N–H and O–H groups in total. The molecule has 6 nitrogen and oxygen atoms in total.